The molecular formula is C20H15F3N4OS. The fourth-order valence-corrected chi connectivity index (χ4v) is 3.64. The normalized spacial score (nSPS) is 11.6. The number of anilines is 2. The maximum atomic E-state index is 12.6. The number of hydrogen-bond acceptors (Lipinski definition) is 3. The van der Waals surface area contributed by atoms with Crippen molar-refractivity contribution in [2.45, 2.75) is 13.1 Å². The number of fused-ring (bicyclic) bond motifs is 1. The zero-order valence-corrected chi connectivity index (χ0v) is 15.9. The van der Waals surface area contributed by atoms with Crippen LogP contribution in [0.4, 0.5) is 29.3 Å². The van der Waals surface area contributed by atoms with Gasteiger partial charge in [-0.2, -0.15) is 13.2 Å². The number of halogens is 3. The van der Waals surface area contributed by atoms with E-state index in [1.807, 2.05) is 30.5 Å². The van der Waals surface area contributed by atoms with Crippen molar-refractivity contribution in [1.29, 1.82) is 0 Å². The van der Waals surface area contributed by atoms with Crippen LogP contribution >= 0.6 is 11.3 Å². The molecule has 3 aromatic heterocycles. The van der Waals surface area contributed by atoms with E-state index in [-0.39, 0.29) is 5.69 Å². The average molecular weight is 416 g/mol. The van der Waals surface area contributed by atoms with Crippen molar-refractivity contribution >= 4 is 39.8 Å². The van der Waals surface area contributed by atoms with Crippen LogP contribution in [-0.4, -0.2) is 16.0 Å². The number of aromatic amines is 1. The molecule has 0 atom stereocenters. The van der Waals surface area contributed by atoms with Gasteiger partial charge < -0.3 is 15.6 Å². The topological polar surface area (TPSA) is 69.8 Å². The van der Waals surface area contributed by atoms with Crippen LogP contribution in [0.5, 0.6) is 0 Å². The molecule has 0 bridgehead atoms. The predicted octanol–water partition coefficient (Wildman–Crippen LogP) is 6.26. The molecule has 3 heterocycles. The molecule has 4 aromatic rings. The smallest absolute Gasteiger partial charge is 0.344 e. The van der Waals surface area contributed by atoms with E-state index < -0.39 is 17.8 Å². The summed E-state index contributed by atoms with van der Waals surface area (Å²) >= 11 is 1.64. The summed E-state index contributed by atoms with van der Waals surface area (Å²) in [6, 6.07) is 9.42. The largest absolute Gasteiger partial charge is 0.416 e. The van der Waals surface area contributed by atoms with Gasteiger partial charge in [-0.25, -0.2) is 9.78 Å². The molecule has 0 saturated carbocycles. The van der Waals surface area contributed by atoms with Crippen LogP contribution in [0.2, 0.25) is 0 Å². The van der Waals surface area contributed by atoms with E-state index in [0.717, 1.165) is 33.7 Å². The number of hydrogen-bond donors (Lipinski definition) is 3. The zero-order chi connectivity index (χ0) is 20.6. The number of carbonyl (C=O) groups is 1. The SMILES string of the molecule is Cc1sccc1-c1ccc2c(NC(=O)Nc3ccc(C(F)(F)F)cc3)c[nH]c2n1. The van der Waals surface area contributed by atoms with Gasteiger partial charge in [0, 0.05) is 27.7 Å². The van der Waals surface area contributed by atoms with Crippen molar-refractivity contribution in [3.05, 3.63) is 64.5 Å². The standard InChI is InChI=1S/C20H15F3N4OS/c1-11-14(8-9-29-11)16-7-6-15-17(10-24-18(15)26-16)27-19(28)25-13-4-2-12(3-5-13)20(21,22)23/h2-10H,1H3,(H,24,26)(H2,25,27,28). The number of thiophene rings is 1. The third-order valence-corrected chi connectivity index (χ3v) is 5.24. The van der Waals surface area contributed by atoms with E-state index in [2.05, 4.69) is 20.6 Å². The van der Waals surface area contributed by atoms with Crippen molar-refractivity contribution in [2.24, 2.45) is 0 Å². The monoisotopic (exact) mass is 416 g/mol. The number of urea groups is 1. The molecule has 1 aromatic carbocycles. The fraction of sp³-hybridized carbons (Fsp3) is 0.100. The van der Waals surface area contributed by atoms with E-state index in [9.17, 15) is 18.0 Å². The van der Waals surface area contributed by atoms with Crippen LogP contribution in [0.15, 0.2) is 54.0 Å². The molecule has 0 aliphatic rings. The second-order valence-corrected chi connectivity index (χ2v) is 7.46. The average Bonchev–Trinajstić information content (AvgIpc) is 3.27. The minimum atomic E-state index is -4.42. The molecule has 0 saturated heterocycles. The molecule has 4 rings (SSSR count). The van der Waals surface area contributed by atoms with E-state index >= 15 is 0 Å². The molecular weight excluding hydrogens is 401 g/mol. The number of aryl methyl sites for hydroxylation is 1. The van der Waals surface area contributed by atoms with Gasteiger partial charge in [0.25, 0.3) is 0 Å². The first-order valence-corrected chi connectivity index (χ1v) is 9.47. The third-order valence-electron chi connectivity index (χ3n) is 4.39. The number of benzene rings is 1. The molecule has 0 radical (unpaired) electrons. The molecule has 0 fully saturated rings. The van der Waals surface area contributed by atoms with Crippen molar-refractivity contribution in [1.82, 2.24) is 9.97 Å². The molecule has 9 heteroatoms. The molecule has 3 N–H and O–H groups in total. The Labute approximate surface area is 167 Å². The number of nitrogens with one attached hydrogen (secondary N) is 3. The van der Waals surface area contributed by atoms with Crippen molar-refractivity contribution in [2.75, 3.05) is 10.6 Å². The lowest BCUT2D eigenvalue weighted by atomic mass is 10.1. The number of H-pyrrole nitrogens is 1. The Kier molecular flexibility index (Phi) is 4.75. The number of nitrogens with zero attached hydrogens (tertiary/aromatic N) is 1. The quantitative estimate of drug-likeness (QED) is 0.369. The van der Waals surface area contributed by atoms with Gasteiger partial charge in [0.15, 0.2) is 0 Å². The Morgan fingerprint density at radius 2 is 1.83 bits per heavy atom. The van der Waals surface area contributed by atoms with Crippen LogP contribution in [0.25, 0.3) is 22.3 Å². The van der Waals surface area contributed by atoms with Crippen LogP contribution in [0, 0.1) is 6.92 Å². The molecule has 0 aliphatic heterocycles. The van der Waals surface area contributed by atoms with Gasteiger partial charge in [0.2, 0.25) is 0 Å². The summed E-state index contributed by atoms with van der Waals surface area (Å²) in [5.41, 5.74) is 2.51. The number of carbonyl (C=O) groups excluding carboxylic acids is 1. The molecule has 2 amide bonds. The van der Waals surface area contributed by atoms with E-state index in [1.54, 1.807) is 17.5 Å². The third kappa shape index (κ3) is 3.95. The van der Waals surface area contributed by atoms with E-state index in [0.29, 0.717) is 11.3 Å². The Hall–Kier alpha value is -3.33. The molecule has 0 unspecified atom stereocenters. The first kappa shape index (κ1) is 19.0. The summed E-state index contributed by atoms with van der Waals surface area (Å²) in [5, 5.41) is 7.93. The number of alkyl halides is 3. The Bertz CT molecular complexity index is 1180. The molecule has 29 heavy (non-hydrogen) atoms. The lowest BCUT2D eigenvalue weighted by Crippen LogP contribution is -2.19. The molecule has 0 spiro atoms. The van der Waals surface area contributed by atoms with Crippen LogP contribution < -0.4 is 10.6 Å². The number of rotatable bonds is 3. The second-order valence-electron chi connectivity index (χ2n) is 6.34. The molecule has 5 nitrogen and oxygen atoms in total. The lowest BCUT2D eigenvalue weighted by Gasteiger charge is -2.09. The second kappa shape index (κ2) is 7.25. The van der Waals surface area contributed by atoms with Crippen LogP contribution in [0.3, 0.4) is 0 Å². The summed E-state index contributed by atoms with van der Waals surface area (Å²) in [6.45, 7) is 2.03. The van der Waals surface area contributed by atoms with Crippen molar-refractivity contribution in [3.63, 3.8) is 0 Å². The van der Waals surface area contributed by atoms with Crippen LogP contribution in [0.1, 0.15) is 10.4 Å². The summed E-state index contributed by atoms with van der Waals surface area (Å²) in [5.74, 6) is 0. The minimum absolute atomic E-state index is 0.253. The van der Waals surface area contributed by atoms with Crippen LogP contribution in [-0.2, 0) is 6.18 Å². The highest BCUT2D eigenvalue weighted by molar-refractivity contribution is 7.10. The van der Waals surface area contributed by atoms with Crippen molar-refractivity contribution in [3.8, 4) is 11.3 Å². The molecule has 148 valence electrons. The van der Waals surface area contributed by atoms with E-state index in [1.165, 1.54) is 12.1 Å². The Balaban J connectivity index is 1.49. The highest BCUT2D eigenvalue weighted by atomic mass is 32.1. The molecule has 0 aliphatic carbocycles. The Morgan fingerprint density at radius 3 is 2.48 bits per heavy atom. The maximum absolute atomic E-state index is 12.6. The fourth-order valence-electron chi connectivity index (χ4n) is 2.94. The predicted molar refractivity (Wildman–Crippen MR) is 108 cm³/mol. The number of amides is 2. The highest BCUT2D eigenvalue weighted by Crippen LogP contribution is 2.31. The summed E-state index contributed by atoms with van der Waals surface area (Å²) in [7, 11) is 0. The number of aromatic nitrogens is 2. The highest BCUT2D eigenvalue weighted by Gasteiger charge is 2.30. The zero-order valence-electron chi connectivity index (χ0n) is 15.1. The first-order valence-electron chi connectivity index (χ1n) is 8.59. The maximum Gasteiger partial charge on any atom is 0.416 e. The van der Waals surface area contributed by atoms with E-state index in [4.69, 9.17) is 0 Å². The summed E-state index contributed by atoms with van der Waals surface area (Å²) < 4.78 is 37.8. The van der Waals surface area contributed by atoms with Crippen molar-refractivity contribution < 1.29 is 18.0 Å². The Morgan fingerprint density at radius 1 is 1.07 bits per heavy atom. The van der Waals surface area contributed by atoms with Gasteiger partial charge in [-0.15, -0.1) is 11.3 Å². The minimum Gasteiger partial charge on any atom is -0.344 e. The van der Waals surface area contributed by atoms with Gasteiger partial charge in [0.1, 0.15) is 5.65 Å². The summed E-state index contributed by atoms with van der Waals surface area (Å²) in [6.07, 6.45) is -2.80. The first-order chi connectivity index (χ1) is 13.8. The lowest BCUT2D eigenvalue weighted by molar-refractivity contribution is -0.137. The van der Waals surface area contributed by atoms with Gasteiger partial charge in [-0.05, 0) is 54.8 Å². The summed E-state index contributed by atoms with van der Waals surface area (Å²) in [4.78, 5) is 21.0. The van der Waals surface area contributed by atoms with Gasteiger partial charge in [0.05, 0.1) is 16.9 Å². The van der Waals surface area contributed by atoms with Gasteiger partial charge in [-0.3, -0.25) is 0 Å². The van der Waals surface area contributed by atoms with Gasteiger partial charge >= 0.3 is 12.2 Å². The number of pyridine rings is 1. The van der Waals surface area contributed by atoms with Gasteiger partial charge in [-0.1, -0.05) is 0 Å².